The molecular formula is C35H48N6O2. The van der Waals surface area contributed by atoms with Gasteiger partial charge in [0.05, 0.1) is 19.2 Å². The van der Waals surface area contributed by atoms with Crippen LogP contribution in [-0.2, 0) is 13.1 Å². The summed E-state index contributed by atoms with van der Waals surface area (Å²) in [6, 6.07) is 15.1. The molecule has 0 unspecified atom stereocenters. The van der Waals surface area contributed by atoms with Crippen molar-refractivity contribution in [3.63, 3.8) is 0 Å². The molecule has 0 amide bonds. The average molecular weight is 585 g/mol. The first-order valence-corrected chi connectivity index (χ1v) is 16.3. The lowest BCUT2D eigenvalue weighted by Gasteiger charge is -2.57. The maximum atomic E-state index is 7.57. The summed E-state index contributed by atoms with van der Waals surface area (Å²) in [5.41, 5.74) is 12.0. The molecule has 2 aromatic heterocycles. The first kappa shape index (κ1) is 29.7. The van der Waals surface area contributed by atoms with E-state index in [0.29, 0.717) is 18.0 Å². The predicted molar refractivity (Wildman–Crippen MR) is 175 cm³/mol. The van der Waals surface area contributed by atoms with Crippen molar-refractivity contribution in [1.82, 2.24) is 19.9 Å². The predicted octanol–water partition coefficient (Wildman–Crippen LogP) is 6.49. The van der Waals surface area contributed by atoms with Crippen LogP contribution < -0.4 is 21.1 Å². The molecule has 230 valence electrons. The summed E-state index contributed by atoms with van der Waals surface area (Å²) in [5, 5.41) is 16.3. The van der Waals surface area contributed by atoms with Crippen molar-refractivity contribution >= 4 is 33.7 Å². The molecule has 2 heterocycles. The zero-order valence-corrected chi connectivity index (χ0v) is 26.0. The van der Waals surface area contributed by atoms with Gasteiger partial charge in [0.2, 0.25) is 5.95 Å². The van der Waals surface area contributed by atoms with Crippen LogP contribution in [0.15, 0.2) is 42.5 Å². The van der Waals surface area contributed by atoms with Crippen LogP contribution in [0, 0.1) is 17.8 Å². The van der Waals surface area contributed by atoms with E-state index in [1.54, 1.807) is 14.0 Å². The van der Waals surface area contributed by atoms with E-state index in [9.17, 15) is 0 Å². The molecular weight excluding hydrogens is 536 g/mol. The normalized spacial score (nSPS) is 23.9. The van der Waals surface area contributed by atoms with Crippen molar-refractivity contribution < 1.29 is 9.84 Å². The SMILES string of the molecule is CCCCNc1nc(N)nc2c3ccccc3n(Cc3cc(CNC45CC6CC(CC(C6)C4)C5)ccc3OC)c12.CCO. The van der Waals surface area contributed by atoms with Crippen molar-refractivity contribution in [2.75, 3.05) is 31.3 Å². The van der Waals surface area contributed by atoms with Crippen LogP contribution in [-0.4, -0.2) is 45.4 Å². The molecule has 8 nitrogen and oxygen atoms in total. The number of nitrogens with one attached hydrogen (secondary N) is 2. The van der Waals surface area contributed by atoms with Gasteiger partial charge in [0.15, 0.2) is 5.82 Å². The minimum atomic E-state index is 0.250. The summed E-state index contributed by atoms with van der Waals surface area (Å²) in [5.74, 6) is 4.82. The fourth-order valence-corrected chi connectivity index (χ4v) is 8.47. The van der Waals surface area contributed by atoms with Crippen molar-refractivity contribution in [1.29, 1.82) is 0 Å². The highest BCUT2D eigenvalue weighted by molar-refractivity contribution is 6.09. The van der Waals surface area contributed by atoms with Crippen LogP contribution in [0.5, 0.6) is 5.75 Å². The van der Waals surface area contributed by atoms with Crippen LogP contribution in [0.1, 0.15) is 76.3 Å². The van der Waals surface area contributed by atoms with Crippen molar-refractivity contribution in [2.24, 2.45) is 17.8 Å². The Kier molecular flexibility index (Phi) is 8.78. The smallest absolute Gasteiger partial charge is 0.222 e. The molecule has 4 aromatic rings. The van der Waals surface area contributed by atoms with E-state index in [4.69, 9.17) is 20.6 Å². The monoisotopic (exact) mass is 584 g/mol. The number of nitrogens with two attached hydrogens (primary N) is 1. The van der Waals surface area contributed by atoms with E-state index in [1.807, 2.05) is 0 Å². The number of benzene rings is 2. The average Bonchev–Trinajstić information content (AvgIpc) is 3.29. The van der Waals surface area contributed by atoms with Gasteiger partial charge in [0.1, 0.15) is 16.8 Å². The molecule has 4 fully saturated rings. The summed E-state index contributed by atoms with van der Waals surface area (Å²) in [6.07, 6.45) is 10.7. The van der Waals surface area contributed by atoms with Gasteiger partial charge >= 0.3 is 0 Å². The number of aromatic nitrogens is 3. The molecule has 8 rings (SSSR count). The lowest BCUT2D eigenvalue weighted by molar-refractivity contribution is -0.0206. The Labute approximate surface area is 255 Å². The zero-order valence-electron chi connectivity index (χ0n) is 26.0. The van der Waals surface area contributed by atoms with Crippen LogP contribution in [0.25, 0.3) is 21.9 Å². The Morgan fingerprint density at radius 1 is 1.02 bits per heavy atom. The molecule has 5 N–H and O–H groups in total. The largest absolute Gasteiger partial charge is 0.496 e. The molecule has 0 aliphatic heterocycles. The van der Waals surface area contributed by atoms with Gasteiger partial charge in [0, 0.05) is 36.2 Å². The number of aliphatic hydroxyl groups is 1. The lowest BCUT2D eigenvalue weighted by atomic mass is 9.53. The minimum Gasteiger partial charge on any atom is -0.496 e. The molecule has 0 atom stereocenters. The van der Waals surface area contributed by atoms with Crippen LogP contribution in [0.4, 0.5) is 11.8 Å². The van der Waals surface area contributed by atoms with Gasteiger partial charge in [-0.05, 0) is 93.4 Å². The number of hydrogen-bond acceptors (Lipinski definition) is 7. The van der Waals surface area contributed by atoms with Crippen molar-refractivity contribution in [2.45, 2.75) is 83.8 Å². The quantitative estimate of drug-likeness (QED) is 0.158. The third-order valence-corrected chi connectivity index (χ3v) is 9.82. The molecule has 4 aliphatic rings. The third kappa shape index (κ3) is 6.04. The van der Waals surface area contributed by atoms with Gasteiger partial charge in [0.25, 0.3) is 0 Å². The maximum absolute atomic E-state index is 7.57. The summed E-state index contributed by atoms with van der Waals surface area (Å²) in [4.78, 5) is 9.34. The van der Waals surface area contributed by atoms with Crippen LogP contribution >= 0.6 is 0 Å². The molecule has 0 radical (unpaired) electrons. The summed E-state index contributed by atoms with van der Waals surface area (Å²) >= 11 is 0. The highest BCUT2D eigenvalue weighted by Gasteiger charge is 2.50. The van der Waals surface area contributed by atoms with E-state index in [2.05, 4.69) is 69.6 Å². The van der Waals surface area contributed by atoms with Crippen molar-refractivity contribution in [3.05, 3.63) is 53.6 Å². The summed E-state index contributed by atoms with van der Waals surface area (Å²) < 4.78 is 8.21. The Morgan fingerprint density at radius 3 is 2.40 bits per heavy atom. The topological polar surface area (TPSA) is 110 Å². The summed E-state index contributed by atoms with van der Waals surface area (Å²) in [7, 11) is 1.76. The fraction of sp³-hybridized carbons (Fsp3) is 0.543. The molecule has 0 spiro atoms. The fourth-order valence-electron chi connectivity index (χ4n) is 8.47. The second-order valence-corrected chi connectivity index (χ2v) is 13.0. The highest BCUT2D eigenvalue weighted by atomic mass is 16.5. The Hall–Kier alpha value is -3.36. The van der Waals surface area contributed by atoms with E-state index in [1.165, 1.54) is 44.1 Å². The highest BCUT2D eigenvalue weighted by Crippen LogP contribution is 2.55. The number of ether oxygens (including phenoxy) is 1. The lowest BCUT2D eigenvalue weighted by Crippen LogP contribution is -2.58. The molecule has 4 aliphatic carbocycles. The van der Waals surface area contributed by atoms with Gasteiger partial charge in [-0.3, -0.25) is 0 Å². The number of fused-ring (bicyclic) bond motifs is 3. The molecule has 8 heteroatoms. The van der Waals surface area contributed by atoms with Gasteiger partial charge in [-0.2, -0.15) is 4.98 Å². The third-order valence-electron chi connectivity index (χ3n) is 9.82. The number of anilines is 2. The molecule has 4 bridgehead atoms. The first-order chi connectivity index (χ1) is 21.0. The van der Waals surface area contributed by atoms with Crippen molar-refractivity contribution in [3.8, 4) is 5.75 Å². The molecule has 4 saturated carbocycles. The standard InChI is InChI=1S/C33H42N6O.C2H6O/c1-3-4-11-35-31-30-29(37-32(34)38-31)26-7-5-6-8-27(26)39(30)20-25-15-21(9-10-28(25)40-2)19-36-33-16-22-12-23(17-33)14-24(13-22)18-33;1-2-3/h5-10,15,22-24,36H,3-4,11-14,16-20H2,1-2H3,(H3,34,35,37,38);3H,2H2,1H3. The van der Waals surface area contributed by atoms with Gasteiger partial charge in [-0.15, -0.1) is 0 Å². The van der Waals surface area contributed by atoms with E-state index >= 15 is 0 Å². The first-order valence-electron chi connectivity index (χ1n) is 16.3. The number of rotatable bonds is 10. The minimum absolute atomic E-state index is 0.250. The Bertz CT molecular complexity index is 1530. The van der Waals surface area contributed by atoms with E-state index < -0.39 is 0 Å². The van der Waals surface area contributed by atoms with Crippen LogP contribution in [0.3, 0.4) is 0 Å². The number of aliphatic hydroxyl groups excluding tert-OH is 1. The second kappa shape index (κ2) is 12.7. The van der Waals surface area contributed by atoms with E-state index in [-0.39, 0.29) is 6.61 Å². The number of nitrogens with zero attached hydrogens (tertiary/aromatic N) is 3. The maximum Gasteiger partial charge on any atom is 0.222 e. The van der Waals surface area contributed by atoms with Gasteiger partial charge < -0.3 is 30.8 Å². The molecule has 0 saturated heterocycles. The van der Waals surface area contributed by atoms with E-state index in [0.717, 1.165) is 82.8 Å². The number of para-hydroxylation sites is 1. The molecule has 43 heavy (non-hydrogen) atoms. The van der Waals surface area contributed by atoms with Gasteiger partial charge in [-0.1, -0.05) is 37.6 Å². The number of unbranched alkanes of at least 4 members (excludes halogenated alkanes) is 1. The van der Waals surface area contributed by atoms with Gasteiger partial charge in [-0.25, -0.2) is 4.98 Å². The summed E-state index contributed by atoms with van der Waals surface area (Å²) in [6.45, 7) is 6.53. The zero-order chi connectivity index (χ0) is 30.0. The van der Waals surface area contributed by atoms with Crippen LogP contribution in [0.2, 0.25) is 0 Å². The molecule has 2 aromatic carbocycles. The number of methoxy groups -OCH3 is 1. The Morgan fingerprint density at radius 2 is 1.72 bits per heavy atom. The Balaban J connectivity index is 0.00000105. The second-order valence-electron chi connectivity index (χ2n) is 13.0. The number of hydrogen-bond donors (Lipinski definition) is 4. The number of nitrogen functional groups attached to an aromatic ring is 1.